The molecule has 0 aliphatic carbocycles. The van der Waals surface area contributed by atoms with Crippen LogP contribution in [0.5, 0.6) is 0 Å². The summed E-state index contributed by atoms with van der Waals surface area (Å²) in [6.45, 7) is 2.71. The lowest BCUT2D eigenvalue weighted by Gasteiger charge is -2.29. The van der Waals surface area contributed by atoms with Gasteiger partial charge in [0.2, 0.25) is 0 Å². The van der Waals surface area contributed by atoms with Crippen molar-refractivity contribution in [3.8, 4) is 0 Å². The van der Waals surface area contributed by atoms with Crippen LogP contribution in [0, 0.1) is 5.82 Å². The molecule has 0 radical (unpaired) electrons. The summed E-state index contributed by atoms with van der Waals surface area (Å²) in [7, 11) is 1.76. The van der Waals surface area contributed by atoms with Crippen LogP contribution in [0.2, 0.25) is 0 Å². The van der Waals surface area contributed by atoms with Crippen LogP contribution in [0.15, 0.2) is 72.8 Å². The molecule has 1 unspecified atom stereocenters. The van der Waals surface area contributed by atoms with Gasteiger partial charge in [0.1, 0.15) is 11.3 Å². The molecule has 4 rings (SSSR count). The van der Waals surface area contributed by atoms with E-state index in [0.717, 1.165) is 16.6 Å². The summed E-state index contributed by atoms with van der Waals surface area (Å²) in [5.41, 5.74) is 3.90. The average Bonchev–Trinajstić information content (AvgIpc) is 3.18. The molecule has 0 aliphatic rings. The second-order valence-electron chi connectivity index (χ2n) is 6.89. The number of aromatic nitrogens is 3. The zero-order valence-electron chi connectivity index (χ0n) is 16.3. The Balaban J connectivity index is 1.72. The summed E-state index contributed by atoms with van der Waals surface area (Å²) in [5.74, 6) is -0.449. The third-order valence-electron chi connectivity index (χ3n) is 5.07. The number of carbonyl (C=O) groups is 1. The molecule has 4 aromatic rings. The fourth-order valence-electron chi connectivity index (χ4n) is 3.58. The van der Waals surface area contributed by atoms with E-state index in [1.165, 1.54) is 12.1 Å². The van der Waals surface area contributed by atoms with Gasteiger partial charge in [0.15, 0.2) is 0 Å². The van der Waals surface area contributed by atoms with Crippen molar-refractivity contribution in [2.45, 2.75) is 19.5 Å². The minimum Gasteiger partial charge on any atom is -0.331 e. The number of benzene rings is 3. The van der Waals surface area contributed by atoms with Gasteiger partial charge in [-0.2, -0.15) is 0 Å². The van der Waals surface area contributed by atoms with E-state index in [2.05, 4.69) is 10.3 Å². The summed E-state index contributed by atoms with van der Waals surface area (Å²) in [6.07, 6.45) is 0. The zero-order chi connectivity index (χ0) is 20.4. The minimum absolute atomic E-state index is 0.142. The first-order chi connectivity index (χ1) is 14.1. The van der Waals surface area contributed by atoms with Gasteiger partial charge >= 0.3 is 0 Å². The fraction of sp³-hybridized carbons (Fsp3) is 0.174. The molecule has 146 valence electrons. The maximum Gasteiger partial charge on any atom is 0.254 e. The van der Waals surface area contributed by atoms with Crippen molar-refractivity contribution in [1.82, 2.24) is 19.9 Å². The molecular formula is C23H21FN4O. The summed E-state index contributed by atoms with van der Waals surface area (Å²) in [4.78, 5) is 15.0. The highest BCUT2D eigenvalue weighted by molar-refractivity contribution is 5.97. The Kier molecular flexibility index (Phi) is 5.08. The summed E-state index contributed by atoms with van der Waals surface area (Å²) in [5, 5.41) is 8.27. The van der Waals surface area contributed by atoms with Crippen molar-refractivity contribution in [3.05, 3.63) is 95.3 Å². The van der Waals surface area contributed by atoms with Gasteiger partial charge in [-0.05, 0) is 48.4 Å². The number of nitrogens with zero attached hydrogens (tertiary/aromatic N) is 4. The molecule has 1 atom stereocenters. The van der Waals surface area contributed by atoms with E-state index in [9.17, 15) is 9.18 Å². The molecule has 0 aliphatic heterocycles. The molecule has 5 nitrogen and oxygen atoms in total. The molecule has 0 N–H and O–H groups in total. The van der Waals surface area contributed by atoms with E-state index < -0.39 is 0 Å². The van der Waals surface area contributed by atoms with E-state index in [1.807, 2.05) is 43.3 Å². The molecule has 0 fully saturated rings. The van der Waals surface area contributed by atoms with Crippen LogP contribution in [-0.4, -0.2) is 32.8 Å². The molecule has 0 bridgehead atoms. The Labute approximate surface area is 168 Å². The van der Waals surface area contributed by atoms with Crippen LogP contribution in [-0.2, 0) is 6.54 Å². The van der Waals surface area contributed by atoms with Gasteiger partial charge in [-0.3, -0.25) is 4.79 Å². The lowest BCUT2D eigenvalue weighted by molar-refractivity contribution is 0.0755. The van der Waals surface area contributed by atoms with Gasteiger partial charge in [-0.25, -0.2) is 9.07 Å². The predicted molar refractivity (Wildman–Crippen MR) is 110 cm³/mol. The highest BCUT2D eigenvalue weighted by Gasteiger charge is 2.25. The van der Waals surface area contributed by atoms with E-state index in [1.54, 1.807) is 40.9 Å². The highest BCUT2D eigenvalue weighted by Crippen LogP contribution is 2.29. The standard InChI is InChI=1S/C23H21FN4O/c1-3-28-21-14-11-18(15-20(21)25-26-28)23(29)27(2)22(16-7-5-4-6-8-16)17-9-12-19(24)13-10-17/h4-15,22H,3H2,1-2H3. The molecule has 0 saturated carbocycles. The third kappa shape index (κ3) is 3.61. The first-order valence-corrected chi connectivity index (χ1v) is 9.49. The SMILES string of the molecule is CCn1nnc2cc(C(=O)N(C)C(c3ccccc3)c3ccc(F)cc3)ccc21. The van der Waals surface area contributed by atoms with Gasteiger partial charge in [0.25, 0.3) is 5.91 Å². The molecule has 29 heavy (non-hydrogen) atoms. The van der Waals surface area contributed by atoms with Crippen LogP contribution in [0.3, 0.4) is 0 Å². The molecule has 1 amide bonds. The van der Waals surface area contributed by atoms with Gasteiger partial charge in [0, 0.05) is 19.2 Å². The van der Waals surface area contributed by atoms with E-state index in [4.69, 9.17) is 0 Å². The van der Waals surface area contributed by atoms with Crippen LogP contribution in [0.25, 0.3) is 11.0 Å². The number of halogens is 1. The van der Waals surface area contributed by atoms with Crippen LogP contribution < -0.4 is 0 Å². The van der Waals surface area contributed by atoms with Gasteiger partial charge in [0.05, 0.1) is 11.6 Å². The Bertz CT molecular complexity index is 1140. The predicted octanol–water partition coefficient (Wildman–Crippen LogP) is 4.45. The lowest BCUT2D eigenvalue weighted by Crippen LogP contribution is -2.32. The van der Waals surface area contributed by atoms with Gasteiger partial charge < -0.3 is 4.90 Å². The average molecular weight is 388 g/mol. The number of aryl methyl sites for hydroxylation is 1. The summed E-state index contributed by atoms with van der Waals surface area (Å²) in [6, 6.07) is 21.1. The number of fused-ring (bicyclic) bond motifs is 1. The first kappa shape index (κ1) is 18.8. The van der Waals surface area contributed by atoms with Gasteiger partial charge in [-0.1, -0.05) is 47.7 Å². The van der Waals surface area contributed by atoms with Crippen molar-refractivity contribution in [3.63, 3.8) is 0 Å². The van der Waals surface area contributed by atoms with Crippen molar-refractivity contribution in [2.24, 2.45) is 0 Å². The Morgan fingerprint density at radius 1 is 1.03 bits per heavy atom. The molecule has 1 aromatic heterocycles. The normalized spacial score (nSPS) is 12.1. The molecule has 1 heterocycles. The lowest BCUT2D eigenvalue weighted by atomic mass is 9.96. The number of hydrogen-bond acceptors (Lipinski definition) is 3. The number of hydrogen-bond donors (Lipinski definition) is 0. The molecule has 0 saturated heterocycles. The van der Waals surface area contributed by atoms with Crippen LogP contribution in [0.4, 0.5) is 4.39 Å². The van der Waals surface area contributed by atoms with Crippen LogP contribution >= 0.6 is 0 Å². The van der Waals surface area contributed by atoms with E-state index >= 15 is 0 Å². The van der Waals surface area contributed by atoms with Gasteiger partial charge in [-0.15, -0.1) is 5.10 Å². The summed E-state index contributed by atoms with van der Waals surface area (Å²) < 4.78 is 15.3. The number of rotatable bonds is 5. The Morgan fingerprint density at radius 2 is 1.72 bits per heavy atom. The van der Waals surface area contributed by atoms with Crippen molar-refractivity contribution in [2.75, 3.05) is 7.05 Å². The highest BCUT2D eigenvalue weighted by atomic mass is 19.1. The molecular weight excluding hydrogens is 367 g/mol. The fourth-order valence-corrected chi connectivity index (χ4v) is 3.58. The second kappa shape index (κ2) is 7.83. The van der Waals surface area contributed by atoms with Crippen LogP contribution in [0.1, 0.15) is 34.5 Å². The quantitative estimate of drug-likeness (QED) is 0.507. The van der Waals surface area contributed by atoms with Crippen molar-refractivity contribution < 1.29 is 9.18 Å². The summed E-state index contributed by atoms with van der Waals surface area (Å²) >= 11 is 0. The number of carbonyl (C=O) groups excluding carboxylic acids is 1. The Hall–Kier alpha value is -3.54. The van der Waals surface area contributed by atoms with Crippen molar-refractivity contribution >= 4 is 16.9 Å². The maximum absolute atomic E-state index is 13.5. The first-order valence-electron chi connectivity index (χ1n) is 9.49. The molecule has 0 spiro atoms. The monoisotopic (exact) mass is 388 g/mol. The number of amides is 1. The maximum atomic E-state index is 13.5. The minimum atomic E-state index is -0.341. The molecule has 3 aromatic carbocycles. The Morgan fingerprint density at radius 3 is 2.41 bits per heavy atom. The smallest absolute Gasteiger partial charge is 0.254 e. The third-order valence-corrected chi connectivity index (χ3v) is 5.07. The topological polar surface area (TPSA) is 51.0 Å². The zero-order valence-corrected chi connectivity index (χ0v) is 16.3. The second-order valence-corrected chi connectivity index (χ2v) is 6.89. The van der Waals surface area contributed by atoms with E-state index in [-0.39, 0.29) is 17.8 Å². The van der Waals surface area contributed by atoms with E-state index in [0.29, 0.717) is 17.6 Å². The molecule has 6 heteroatoms. The van der Waals surface area contributed by atoms with Crippen molar-refractivity contribution in [1.29, 1.82) is 0 Å². The largest absolute Gasteiger partial charge is 0.331 e.